The van der Waals surface area contributed by atoms with Crippen LogP contribution >= 0.6 is 15.9 Å². The summed E-state index contributed by atoms with van der Waals surface area (Å²) in [6.07, 6.45) is 11.4. The minimum atomic E-state index is -0.758. The molecular formula is C27H37BrO4. The predicted molar refractivity (Wildman–Crippen MR) is 132 cm³/mol. The van der Waals surface area contributed by atoms with Gasteiger partial charge in [-0.3, -0.25) is 4.79 Å². The van der Waals surface area contributed by atoms with Crippen LogP contribution in [-0.2, 0) is 4.79 Å². The van der Waals surface area contributed by atoms with E-state index in [1.165, 1.54) is 5.57 Å². The van der Waals surface area contributed by atoms with Gasteiger partial charge in [0.05, 0.1) is 12.2 Å². The number of hydrogen-bond acceptors (Lipinski definition) is 3. The first-order valence-corrected chi connectivity index (χ1v) is 12.8. The summed E-state index contributed by atoms with van der Waals surface area (Å²) in [6, 6.07) is 0. The van der Waals surface area contributed by atoms with E-state index >= 15 is 0 Å². The van der Waals surface area contributed by atoms with Crippen molar-refractivity contribution in [3.8, 4) is 23.7 Å². The van der Waals surface area contributed by atoms with Gasteiger partial charge in [0.1, 0.15) is 0 Å². The Labute approximate surface area is 201 Å². The number of carbonyl (C=O) groups is 1. The molecule has 3 N–H and O–H groups in total. The zero-order valence-electron chi connectivity index (χ0n) is 19.3. The highest BCUT2D eigenvalue weighted by Crippen LogP contribution is 2.59. The molecule has 0 bridgehead atoms. The van der Waals surface area contributed by atoms with Crippen LogP contribution in [0.3, 0.4) is 0 Å². The van der Waals surface area contributed by atoms with Gasteiger partial charge in [-0.1, -0.05) is 52.6 Å². The number of fused-ring (bicyclic) bond motifs is 1. The molecule has 0 saturated heterocycles. The van der Waals surface area contributed by atoms with Gasteiger partial charge in [-0.2, -0.15) is 0 Å². The number of carboxylic acid groups (broad SMARTS) is 1. The highest BCUT2D eigenvalue weighted by Gasteiger charge is 2.55. The number of unbranched alkanes of at least 4 members (excludes halogenated alkanes) is 2. The van der Waals surface area contributed by atoms with E-state index in [4.69, 9.17) is 5.11 Å². The Morgan fingerprint density at radius 2 is 2.12 bits per heavy atom. The molecule has 0 heterocycles. The molecule has 0 aromatic rings. The zero-order chi connectivity index (χ0) is 23.6. The molecule has 0 aliphatic heterocycles. The van der Waals surface area contributed by atoms with Gasteiger partial charge in [0.15, 0.2) is 0 Å². The van der Waals surface area contributed by atoms with Crippen LogP contribution in [0.4, 0.5) is 0 Å². The highest BCUT2D eigenvalue weighted by atomic mass is 79.9. The number of aliphatic hydroxyl groups excluding tert-OH is 2. The molecular weight excluding hydrogens is 468 g/mol. The topological polar surface area (TPSA) is 77.8 Å². The molecule has 0 amide bonds. The third-order valence-electron chi connectivity index (χ3n) is 6.73. The Hall–Kier alpha value is -1.53. The largest absolute Gasteiger partial charge is 0.481 e. The molecule has 5 heteroatoms. The second-order valence-electron chi connectivity index (χ2n) is 9.22. The summed E-state index contributed by atoms with van der Waals surface area (Å²) in [5.41, 5.74) is 1.09. The minimum absolute atomic E-state index is 0.0375. The number of hydrogen-bond donors (Lipinski definition) is 3. The Balaban J connectivity index is 2.17. The molecule has 176 valence electrons. The first-order valence-electron chi connectivity index (χ1n) is 11.7. The second kappa shape index (κ2) is 13.2. The molecule has 6 atom stereocenters. The van der Waals surface area contributed by atoms with Gasteiger partial charge in [0.25, 0.3) is 0 Å². The first-order chi connectivity index (χ1) is 15.3. The quantitative estimate of drug-likeness (QED) is 0.167. The average Bonchev–Trinajstić information content (AvgIpc) is 3.22. The third kappa shape index (κ3) is 7.51. The summed E-state index contributed by atoms with van der Waals surface area (Å²) in [6.45, 7) is 3.78. The monoisotopic (exact) mass is 504 g/mol. The Morgan fingerprint density at radius 1 is 1.34 bits per heavy atom. The average molecular weight is 505 g/mol. The van der Waals surface area contributed by atoms with Gasteiger partial charge in [-0.15, -0.1) is 17.8 Å². The standard InChI is InChI=1S/C27H37BrO4/c1-3-4-10-20(2)24(29)14-13-22-23-17-21(11-6-7-12-26(31)32)18-27(23,19-25(22)30)15-8-5-9-16-28/h11,13-14,20,22-25,29-30H,5-7,9-10,12,16-19H2,1-2H3,(H,31,32)/b14-13+,21-11-/t20?,22-,23-,24-,25-,27+/m1/s1. The lowest BCUT2D eigenvalue weighted by Gasteiger charge is -2.24. The van der Waals surface area contributed by atoms with Gasteiger partial charge in [-0.25, -0.2) is 0 Å². The van der Waals surface area contributed by atoms with Crippen molar-refractivity contribution >= 4 is 21.9 Å². The van der Waals surface area contributed by atoms with Crippen molar-refractivity contribution in [3.05, 3.63) is 23.8 Å². The summed E-state index contributed by atoms with van der Waals surface area (Å²) in [5.74, 6) is 12.3. The molecule has 0 aromatic heterocycles. The molecule has 4 nitrogen and oxygen atoms in total. The van der Waals surface area contributed by atoms with Gasteiger partial charge in [0, 0.05) is 35.9 Å². The van der Waals surface area contributed by atoms with Crippen LogP contribution < -0.4 is 0 Å². The summed E-state index contributed by atoms with van der Waals surface area (Å²) in [7, 11) is 0. The Morgan fingerprint density at radius 3 is 2.81 bits per heavy atom. The molecule has 2 rings (SSSR count). The van der Waals surface area contributed by atoms with E-state index < -0.39 is 18.2 Å². The molecule has 2 aliphatic rings. The van der Waals surface area contributed by atoms with Crippen LogP contribution in [0.15, 0.2) is 23.8 Å². The first kappa shape index (κ1) is 26.7. The SMILES string of the molecule is CC#CCC(C)[C@H](O)/C=C/[C@H]1[C@H](O)C[C@]2(C#CCCCBr)C/C(=C\CCCC(=O)O)C[C@H]12. The number of allylic oxidation sites excluding steroid dienone is 2. The lowest BCUT2D eigenvalue weighted by Crippen LogP contribution is -2.21. The van der Waals surface area contributed by atoms with E-state index in [1.807, 2.05) is 19.1 Å². The van der Waals surface area contributed by atoms with E-state index in [2.05, 4.69) is 45.7 Å². The van der Waals surface area contributed by atoms with Gasteiger partial charge < -0.3 is 15.3 Å². The predicted octanol–water partition coefficient (Wildman–Crippen LogP) is 5.09. The lowest BCUT2D eigenvalue weighted by molar-refractivity contribution is -0.137. The van der Waals surface area contributed by atoms with Gasteiger partial charge in [0.2, 0.25) is 0 Å². The van der Waals surface area contributed by atoms with Crippen molar-refractivity contribution < 1.29 is 20.1 Å². The molecule has 0 radical (unpaired) electrons. The number of aliphatic hydroxyl groups is 2. The maximum Gasteiger partial charge on any atom is 0.303 e. The van der Waals surface area contributed by atoms with E-state index in [0.29, 0.717) is 19.3 Å². The van der Waals surface area contributed by atoms with Crippen LogP contribution in [-0.4, -0.2) is 38.8 Å². The van der Waals surface area contributed by atoms with Crippen LogP contribution in [0.25, 0.3) is 0 Å². The number of aliphatic carboxylic acids is 1. The molecule has 2 aliphatic carbocycles. The summed E-state index contributed by atoms with van der Waals surface area (Å²) in [5, 5.41) is 31.2. The number of carboxylic acids is 1. The molecule has 2 fully saturated rings. The highest BCUT2D eigenvalue weighted by molar-refractivity contribution is 9.09. The maximum absolute atomic E-state index is 10.9. The smallest absolute Gasteiger partial charge is 0.303 e. The fourth-order valence-corrected chi connectivity index (χ4v) is 5.25. The summed E-state index contributed by atoms with van der Waals surface area (Å²) in [4.78, 5) is 10.8. The Kier molecular flexibility index (Phi) is 11.1. The molecule has 2 saturated carbocycles. The van der Waals surface area contributed by atoms with Crippen LogP contribution in [0, 0.1) is 46.9 Å². The minimum Gasteiger partial charge on any atom is -0.481 e. The van der Waals surface area contributed by atoms with Crippen LogP contribution in [0.1, 0.15) is 71.6 Å². The number of halogens is 1. The number of rotatable bonds is 10. The normalized spacial score (nSPS) is 29.8. The molecule has 0 aromatic carbocycles. The van der Waals surface area contributed by atoms with Crippen molar-refractivity contribution in [2.24, 2.45) is 23.2 Å². The van der Waals surface area contributed by atoms with Crippen molar-refractivity contribution in [3.63, 3.8) is 0 Å². The van der Waals surface area contributed by atoms with E-state index in [0.717, 1.165) is 37.4 Å². The van der Waals surface area contributed by atoms with E-state index in [-0.39, 0.29) is 29.6 Å². The second-order valence-corrected chi connectivity index (χ2v) is 10.0. The van der Waals surface area contributed by atoms with Crippen LogP contribution in [0.5, 0.6) is 0 Å². The molecule has 32 heavy (non-hydrogen) atoms. The van der Waals surface area contributed by atoms with Crippen molar-refractivity contribution in [1.82, 2.24) is 0 Å². The van der Waals surface area contributed by atoms with E-state index in [9.17, 15) is 15.0 Å². The lowest BCUT2D eigenvalue weighted by atomic mass is 9.78. The summed E-state index contributed by atoms with van der Waals surface area (Å²) >= 11 is 3.45. The van der Waals surface area contributed by atoms with Crippen molar-refractivity contribution in [1.29, 1.82) is 0 Å². The maximum atomic E-state index is 10.9. The zero-order valence-corrected chi connectivity index (χ0v) is 20.9. The molecule has 1 unspecified atom stereocenters. The van der Waals surface area contributed by atoms with Gasteiger partial charge in [-0.05, 0) is 57.3 Å². The Bertz CT molecular complexity index is 809. The number of alkyl halides is 1. The van der Waals surface area contributed by atoms with E-state index in [1.54, 1.807) is 6.92 Å². The molecule has 0 spiro atoms. The van der Waals surface area contributed by atoms with Gasteiger partial charge >= 0.3 is 5.97 Å². The fraction of sp³-hybridized carbons (Fsp3) is 0.667. The van der Waals surface area contributed by atoms with Crippen molar-refractivity contribution in [2.75, 3.05) is 5.33 Å². The fourth-order valence-electron chi connectivity index (χ4n) is 4.97. The third-order valence-corrected chi connectivity index (χ3v) is 7.29. The summed E-state index contributed by atoms with van der Waals surface area (Å²) < 4.78 is 0. The van der Waals surface area contributed by atoms with Crippen LogP contribution in [0.2, 0.25) is 0 Å². The van der Waals surface area contributed by atoms with Crippen molar-refractivity contribution in [2.45, 2.75) is 83.8 Å².